The van der Waals surface area contributed by atoms with E-state index in [1.54, 1.807) is 4.68 Å². The van der Waals surface area contributed by atoms with Crippen molar-refractivity contribution in [2.45, 2.75) is 51.5 Å². The molecule has 0 saturated heterocycles. The zero-order valence-corrected chi connectivity index (χ0v) is 13.0. The summed E-state index contributed by atoms with van der Waals surface area (Å²) in [6.45, 7) is 2.69. The Hall–Kier alpha value is -2.28. The van der Waals surface area contributed by atoms with E-state index in [1.807, 2.05) is 6.07 Å². The van der Waals surface area contributed by atoms with Crippen molar-refractivity contribution < 1.29 is 0 Å². The highest BCUT2D eigenvalue weighted by Crippen LogP contribution is 2.35. The zero-order chi connectivity index (χ0) is 15.5. The van der Waals surface area contributed by atoms with E-state index in [0.29, 0.717) is 23.8 Å². The van der Waals surface area contributed by atoms with E-state index in [-0.39, 0.29) is 0 Å². The summed E-state index contributed by atoms with van der Waals surface area (Å²) >= 11 is 0. The first-order valence-corrected chi connectivity index (χ1v) is 8.01. The Morgan fingerprint density at radius 1 is 1.32 bits per heavy atom. The van der Waals surface area contributed by atoms with Gasteiger partial charge in [0.25, 0.3) is 0 Å². The van der Waals surface area contributed by atoms with E-state index in [0.717, 1.165) is 24.1 Å². The molecule has 0 amide bonds. The molecule has 22 heavy (non-hydrogen) atoms. The topological polar surface area (TPSA) is 67.6 Å². The van der Waals surface area contributed by atoms with Gasteiger partial charge in [-0.15, -0.1) is 0 Å². The Morgan fingerprint density at radius 2 is 2.09 bits per heavy atom. The number of benzene rings is 1. The molecule has 0 bridgehead atoms. The number of hydrogen-bond donors (Lipinski definition) is 1. The Kier molecular flexibility index (Phi) is 4.15. The summed E-state index contributed by atoms with van der Waals surface area (Å²) in [4.78, 5) is 0. The fourth-order valence-electron chi connectivity index (χ4n) is 3.37. The van der Waals surface area contributed by atoms with Crippen LogP contribution in [0.3, 0.4) is 0 Å². The van der Waals surface area contributed by atoms with Crippen LogP contribution in [0.25, 0.3) is 0 Å². The van der Waals surface area contributed by atoms with E-state index >= 15 is 0 Å². The molecule has 1 aromatic carbocycles. The van der Waals surface area contributed by atoms with Crippen molar-refractivity contribution in [3.8, 4) is 6.07 Å². The van der Waals surface area contributed by atoms with Gasteiger partial charge in [0, 0.05) is 5.92 Å². The van der Waals surface area contributed by atoms with E-state index < -0.39 is 0 Å². The molecule has 114 valence electrons. The molecule has 1 aromatic heterocycles. The van der Waals surface area contributed by atoms with Gasteiger partial charge in [-0.3, -0.25) is 0 Å². The highest BCUT2D eigenvalue weighted by molar-refractivity contribution is 5.53. The number of nitrogens with two attached hydrogens (primary N) is 1. The molecule has 2 N–H and O–H groups in total. The molecule has 4 heteroatoms. The van der Waals surface area contributed by atoms with Crippen molar-refractivity contribution in [2.24, 2.45) is 0 Å². The maximum Gasteiger partial charge on any atom is 0.140 e. The first kappa shape index (κ1) is 14.6. The molecule has 4 nitrogen and oxygen atoms in total. The molecule has 0 radical (unpaired) electrons. The standard InChI is InChI=1S/C18H22N4/c1-13-6-5-7-14(10-13)12-22-18(20)16(11-19)17(21-22)15-8-3-2-4-9-15/h5-7,10,15H,2-4,8-9,12,20H2,1H3. The van der Waals surface area contributed by atoms with Gasteiger partial charge in [-0.05, 0) is 25.3 Å². The number of aromatic nitrogens is 2. The summed E-state index contributed by atoms with van der Waals surface area (Å²) in [5.41, 5.74) is 10.1. The summed E-state index contributed by atoms with van der Waals surface area (Å²) in [6, 6.07) is 10.6. The molecule has 1 fully saturated rings. The van der Waals surface area contributed by atoms with Gasteiger partial charge < -0.3 is 5.73 Å². The second-order valence-electron chi connectivity index (χ2n) is 6.24. The van der Waals surface area contributed by atoms with E-state index in [9.17, 15) is 5.26 Å². The molecular formula is C18H22N4. The molecule has 0 atom stereocenters. The van der Waals surface area contributed by atoms with Crippen LogP contribution in [0.15, 0.2) is 24.3 Å². The fourth-order valence-corrected chi connectivity index (χ4v) is 3.37. The average molecular weight is 294 g/mol. The number of nitrogen functional groups attached to an aromatic ring is 1. The number of hydrogen-bond acceptors (Lipinski definition) is 3. The predicted octanol–water partition coefficient (Wildman–Crippen LogP) is 3.74. The van der Waals surface area contributed by atoms with Gasteiger partial charge >= 0.3 is 0 Å². The van der Waals surface area contributed by atoms with Gasteiger partial charge in [0.05, 0.1) is 12.2 Å². The third kappa shape index (κ3) is 2.85. The SMILES string of the molecule is Cc1cccc(Cn2nc(C3CCCCC3)c(C#N)c2N)c1. The van der Waals surface area contributed by atoms with Crippen LogP contribution in [0.4, 0.5) is 5.82 Å². The molecule has 2 aromatic rings. The smallest absolute Gasteiger partial charge is 0.140 e. The predicted molar refractivity (Wildman–Crippen MR) is 87.5 cm³/mol. The highest BCUT2D eigenvalue weighted by atomic mass is 15.3. The molecule has 1 saturated carbocycles. The molecular weight excluding hydrogens is 272 g/mol. The van der Waals surface area contributed by atoms with Crippen molar-refractivity contribution in [1.29, 1.82) is 5.26 Å². The lowest BCUT2D eigenvalue weighted by Gasteiger charge is -2.19. The number of anilines is 1. The third-order valence-corrected chi connectivity index (χ3v) is 4.54. The summed E-state index contributed by atoms with van der Waals surface area (Å²) in [7, 11) is 0. The number of nitriles is 1. The van der Waals surface area contributed by atoms with Crippen molar-refractivity contribution in [3.63, 3.8) is 0 Å². The van der Waals surface area contributed by atoms with E-state index in [1.165, 1.54) is 24.8 Å². The lowest BCUT2D eigenvalue weighted by molar-refractivity contribution is 0.432. The Balaban J connectivity index is 1.92. The summed E-state index contributed by atoms with van der Waals surface area (Å²) in [5.74, 6) is 0.897. The van der Waals surface area contributed by atoms with Crippen LogP contribution in [0, 0.1) is 18.3 Å². The Morgan fingerprint density at radius 3 is 2.77 bits per heavy atom. The van der Waals surface area contributed by atoms with Crippen molar-refractivity contribution in [2.75, 3.05) is 5.73 Å². The number of aryl methyl sites for hydroxylation is 1. The quantitative estimate of drug-likeness (QED) is 0.937. The van der Waals surface area contributed by atoms with Crippen molar-refractivity contribution >= 4 is 5.82 Å². The van der Waals surface area contributed by atoms with Gasteiger partial charge in [-0.1, -0.05) is 49.1 Å². The minimum absolute atomic E-state index is 0.393. The van der Waals surface area contributed by atoms with Crippen LogP contribution in [-0.4, -0.2) is 9.78 Å². The molecule has 0 unspecified atom stereocenters. The first-order chi connectivity index (χ1) is 10.7. The highest BCUT2D eigenvalue weighted by Gasteiger charge is 2.24. The van der Waals surface area contributed by atoms with Gasteiger partial charge in [-0.2, -0.15) is 10.4 Å². The molecule has 0 spiro atoms. The van der Waals surface area contributed by atoms with Gasteiger partial charge in [0.15, 0.2) is 0 Å². The van der Waals surface area contributed by atoms with Crippen LogP contribution >= 0.6 is 0 Å². The second-order valence-corrected chi connectivity index (χ2v) is 6.24. The molecule has 1 aliphatic carbocycles. The summed E-state index contributed by atoms with van der Waals surface area (Å²) in [5, 5.41) is 14.2. The normalized spacial score (nSPS) is 15.6. The minimum Gasteiger partial charge on any atom is -0.383 e. The fraction of sp³-hybridized carbons (Fsp3) is 0.444. The average Bonchev–Trinajstić information content (AvgIpc) is 2.84. The van der Waals surface area contributed by atoms with Gasteiger partial charge in [-0.25, -0.2) is 4.68 Å². The first-order valence-electron chi connectivity index (χ1n) is 8.01. The lowest BCUT2D eigenvalue weighted by Crippen LogP contribution is -2.08. The van der Waals surface area contributed by atoms with Crippen LogP contribution in [-0.2, 0) is 6.54 Å². The number of rotatable bonds is 3. The Labute approximate surface area is 131 Å². The maximum absolute atomic E-state index is 9.47. The van der Waals surface area contributed by atoms with Crippen LogP contribution in [0.5, 0.6) is 0 Å². The zero-order valence-electron chi connectivity index (χ0n) is 13.0. The van der Waals surface area contributed by atoms with Crippen LogP contribution in [0.2, 0.25) is 0 Å². The monoisotopic (exact) mass is 294 g/mol. The molecule has 0 aliphatic heterocycles. The second kappa shape index (κ2) is 6.23. The molecule has 3 rings (SSSR count). The van der Waals surface area contributed by atoms with E-state index in [2.05, 4.69) is 31.2 Å². The number of nitrogens with zero attached hydrogens (tertiary/aromatic N) is 3. The van der Waals surface area contributed by atoms with Crippen LogP contribution in [0.1, 0.15) is 60.4 Å². The van der Waals surface area contributed by atoms with Crippen molar-refractivity contribution in [3.05, 3.63) is 46.6 Å². The Bertz CT molecular complexity index is 702. The van der Waals surface area contributed by atoms with E-state index in [4.69, 9.17) is 10.8 Å². The molecule has 1 aliphatic rings. The molecule has 1 heterocycles. The summed E-state index contributed by atoms with van der Waals surface area (Å²) in [6.07, 6.45) is 5.98. The third-order valence-electron chi connectivity index (χ3n) is 4.54. The van der Waals surface area contributed by atoms with Crippen molar-refractivity contribution in [1.82, 2.24) is 9.78 Å². The minimum atomic E-state index is 0.393. The lowest BCUT2D eigenvalue weighted by atomic mass is 9.85. The summed E-state index contributed by atoms with van der Waals surface area (Å²) < 4.78 is 1.79. The van der Waals surface area contributed by atoms with Gasteiger partial charge in [0.2, 0.25) is 0 Å². The van der Waals surface area contributed by atoms with Crippen LogP contribution < -0.4 is 5.73 Å². The van der Waals surface area contributed by atoms with Gasteiger partial charge in [0.1, 0.15) is 17.5 Å². The largest absolute Gasteiger partial charge is 0.383 e. The maximum atomic E-state index is 9.47.